The third kappa shape index (κ3) is 2.43. The van der Waals surface area contributed by atoms with Gasteiger partial charge in [-0.15, -0.1) is 0 Å². The molecule has 0 aliphatic heterocycles. The minimum absolute atomic E-state index is 0.113. The van der Waals surface area contributed by atoms with E-state index in [-0.39, 0.29) is 17.8 Å². The molecule has 3 rings (SSSR count). The number of nitrogens with one attached hydrogen (secondary N) is 3. The molecule has 1 atom stereocenters. The highest BCUT2D eigenvalue weighted by Gasteiger charge is 2.23. The zero-order chi connectivity index (χ0) is 14.1. The number of halogens is 1. The topological polar surface area (TPSA) is 86.5 Å². The van der Waals surface area contributed by atoms with Gasteiger partial charge in [-0.3, -0.25) is 9.89 Å². The van der Waals surface area contributed by atoms with Gasteiger partial charge in [-0.05, 0) is 31.2 Å². The quantitative estimate of drug-likeness (QED) is 0.804. The number of hydrogen-bond acceptors (Lipinski definition) is 3. The Hall–Kier alpha value is -1.82. The number of nitrogens with zero attached hydrogens (tertiary/aromatic N) is 2. The molecule has 0 radical (unpaired) electrons. The first-order chi connectivity index (χ1) is 9.67. The van der Waals surface area contributed by atoms with Crippen LogP contribution in [0.3, 0.4) is 0 Å². The summed E-state index contributed by atoms with van der Waals surface area (Å²) < 4.78 is 0. The molecular weight excluding hydrogens is 278 g/mol. The summed E-state index contributed by atoms with van der Waals surface area (Å²) in [6.07, 6.45) is 5.15. The van der Waals surface area contributed by atoms with Crippen molar-refractivity contribution in [3.05, 3.63) is 34.1 Å². The fourth-order valence-electron chi connectivity index (χ4n) is 2.52. The first-order valence-corrected chi connectivity index (χ1v) is 7.11. The SMILES string of the molecule is CCc1[nH]c(C(=O)NC2CCc3[nH]ncc3C2)nc1Cl. The van der Waals surface area contributed by atoms with Crippen molar-refractivity contribution in [3.8, 4) is 0 Å². The van der Waals surface area contributed by atoms with Crippen molar-refractivity contribution in [2.24, 2.45) is 0 Å². The van der Waals surface area contributed by atoms with Crippen molar-refractivity contribution in [1.82, 2.24) is 25.5 Å². The lowest BCUT2D eigenvalue weighted by atomic mass is 9.93. The van der Waals surface area contributed by atoms with Crippen molar-refractivity contribution >= 4 is 17.5 Å². The van der Waals surface area contributed by atoms with E-state index in [0.717, 1.165) is 31.4 Å². The standard InChI is InChI=1S/C13H16ClN5O/c1-2-9-11(14)18-12(17-9)13(20)16-8-3-4-10-7(5-8)6-15-19-10/h6,8H,2-5H2,1H3,(H,15,19)(H,16,20)(H,17,18). The Kier molecular flexibility index (Phi) is 3.48. The predicted molar refractivity (Wildman–Crippen MR) is 74.8 cm³/mol. The summed E-state index contributed by atoms with van der Waals surface area (Å²) in [5.41, 5.74) is 3.13. The summed E-state index contributed by atoms with van der Waals surface area (Å²) >= 11 is 5.95. The largest absolute Gasteiger partial charge is 0.346 e. The molecule has 0 bridgehead atoms. The Labute approximate surface area is 121 Å². The highest BCUT2D eigenvalue weighted by Crippen LogP contribution is 2.19. The van der Waals surface area contributed by atoms with Gasteiger partial charge in [-0.1, -0.05) is 18.5 Å². The van der Waals surface area contributed by atoms with E-state index in [2.05, 4.69) is 25.5 Å². The van der Waals surface area contributed by atoms with Gasteiger partial charge in [-0.2, -0.15) is 5.10 Å². The number of fused-ring (bicyclic) bond motifs is 1. The maximum absolute atomic E-state index is 12.2. The first kappa shape index (κ1) is 13.2. The van der Waals surface area contributed by atoms with Crippen LogP contribution in [0.5, 0.6) is 0 Å². The molecule has 0 spiro atoms. The van der Waals surface area contributed by atoms with Gasteiger partial charge in [0, 0.05) is 11.7 Å². The van der Waals surface area contributed by atoms with Crippen LogP contribution < -0.4 is 5.32 Å². The number of aryl methyl sites for hydroxylation is 2. The third-order valence-corrected chi connectivity index (χ3v) is 3.96. The van der Waals surface area contributed by atoms with Crippen molar-refractivity contribution in [2.75, 3.05) is 0 Å². The Morgan fingerprint density at radius 3 is 3.20 bits per heavy atom. The van der Waals surface area contributed by atoms with Gasteiger partial charge in [0.1, 0.15) is 0 Å². The molecular formula is C13H16ClN5O. The van der Waals surface area contributed by atoms with Crippen molar-refractivity contribution in [2.45, 2.75) is 38.6 Å². The fraction of sp³-hybridized carbons (Fsp3) is 0.462. The van der Waals surface area contributed by atoms with Crippen LogP contribution in [0, 0.1) is 0 Å². The minimum atomic E-state index is -0.205. The molecule has 2 aromatic heterocycles. The molecule has 0 fully saturated rings. The number of amides is 1. The number of carbonyl (C=O) groups excluding carboxylic acids is 1. The van der Waals surface area contributed by atoms with E-state index < -0.39 is 0 Å². The monoisotopic (exact) mass is 293 g/mol. The number of H-pyrrole nitrogens is 2. The second-order valence-corrected chi connectivity index (χ2v) is 5.35. The average Bonchev–Trinajstić information content (AvgIpc) is 3.04. The lowest BCUT2D eigenvalue weighted by Gasteiger charge is -2.22. The predicted octanol–water partition coefficient (Wildman–Crippen LogP) is 1.64. The molecule has 1 amide bonds. The average molecular weight is 294 g/mol. The second-order valence-electron chi connectivity index (χ2n) is 5.00. The Morgan fingerprint density at radius 1 is 1.60 bits per heavy atom. The Bertz CT molecular complexity index is 632. The number of aromatic nitrogens is 4. The van der Waals surface area contributed by atoms with Crippen LogP contribution in [0.15, 0.2) is 6.20 Å². The van der Waals surface area contributed by atoms with E-state index in [1.807, 2.05) is 13.1 Å². The smallest absolute Gasteiger partial charge is 0.287 e. The van der Waals surface area contributed by atoms with E-state index >= 15 is 0 Å². The van der Waals surface area contributed by atoms with Crippen molar-refractivity contribution in [3.63, 3.8) is 0 Å². The van der Waals surface area contributed by atoms with Gasteiger partial charge in [-0.25, -0.2) is 4.98 Å². The van der Waals surface area contributed by atoms with Gasteiger partial charge in [0.05, 0.1) is 11.9 Å². The van der Waals surface area contributed by atoms with E-state index in [1.54, 1.807) is 0 Å². The molecule has 0 saturated carbocycles. The highest BCUT2D eigenvalue weighted by molar-refractivity contribution is 6.30. The molecule has 3 N–H and O–H groups in total. The van der Waals surface area contributed by atoms with Gasteiger partial charge in [0.2, 0.25) is 0 Å². The normalized spacial score (nSPS) is 17.8. The molecule has 0 saturated heterocycles. The van der Waals surface area contributed by atoms with E-state index in [4.69, 9.17) is 11.6 Å². The highest BCUT2D eigenvalue weighted by atomic mass is 35.5. The molecule has 1 aliphatic rings. The summed E-state index contributed by atoms with van der Waals surface area (Å²) in [7, 11) is 0. The number of imidazole rings is 1. The van der Waals surface area contributed by atoms with Crippen LogP contribution in [0.2, 0.25) is 5.15 Å². The number of rotatable bonds is 3. The van der Waals surface area contributed by atoms with Crippen LogP contribution in [-0.4, -0.2) is 32.1 Å². The van der Waals surface area contributed by atoms with Crippen molar-refractivity contribution < 1.29 is 4.79 Å². The second kappa shape index (κ2) is 5.28. The lowest BCUT2D eigenvalue weighted by Crippen LogP contribution is -2.39. The molecule has 0 aromatic carbocycles. The summed E-state index contributed by atoms with van der Waals surface area (Å²) in [4.78, 5) is 19.2. The maximum atomic E-state index is 12.2. The summed E-state index contributed by atoms with van der Waals surface area (Å²) in [6, 6.07) is 0.113. The number of hydrogen-bond donors (Lipinski definition) is 3. The van der Waals surface area contributed by atoms with Crippen LogP contribution in [0.4, 0.5) is 0 Å². The molecule has 1 unspecified atom stereocenters. The summed E-state index contributed by atoms with van der Waals surface area (Å²) in [5.74, 6) is 0.0772. The maximum Gasteiger partial charge on any atom is 0.287 e. The molecule has 20 heavy (non-hydrogen) atoms. The van der Waals surface area contributed by atoms with Gasteiger partial charge in [0.25, 0.3) is 5.91 Å². The van der Waals surface area contributed by atoms with Crippen LogP contribution >= 0.6 is 11.6 Å². The summed E-state index contributed by atoms with van der Waals surface area (Å²) in [5, 5.41) is 10.4. The van der Waals surface area contributed by atoms with Crippen LogP contribution in [0.1, 0.15) is 40.9 Å². The van der Waals surface area contributed by atoms with E-state index in [1.165, 1.54) is 11.3 Å². The lowest BCUT2D eigenvalue weighted by molar-refractivity contribution is 0.0924. The third-order valence-electron chi connectivity index (χ3n) is 3.65. The van der Waals surface area contributed by atoms with Crippen LogP contribution in [-0.2, 0) is 19.3 Å². The zero-order valence-corrected chi connectivity index (χ0v) is 11.9. The fourth-order valence-corrected chi connectivity index (χ4v) is 2.79. The van der Waals surface area contributed by atoms with Crippen molar-refractivity contribution in [1.29, 1.82) is 0 Å². The molecule has 1 aliphatic carbocycles. The van der Waals surface area contributed by atoms with E-state index in [9.17, 15) is 4.79 Å². The summed E-state index contributed by atoms with van der Waals surface area (Å²) in [6.45, 7) is 1.96. The molecule has 2 aromatic rings. The zero-order valence-electron chi connectivity index (χ0n) is 11.2. The van der Waals surface area contributed by atoms with Crippen LogP contribution in [0.25, 0.3) is 0 Å². The molecule has 2 heterocycles. The van der Waals surface area contributed by atoms with E-state index in [0.29, 0.717) is 5.15 Å². The Balaban J connectivity index is 1.67. The molecule has 7 heteroatoms. The first-order valence-electron chi connectivity index (χ1n) is 6.73. The number of carbonyl (C=O) groups is 1. The van der Waals surface area contributed by atoms with Gasteiger partial charge >= 0.3 is 0 Å². The molecule has 106 valence electrons. The minimum Gasteiger partial charge on any atom is -0.346 e. The van der Waals surface area contributed by atoms with Gasteiger partial charge in [0.15, 0.2) is 11.0 Å². The molecule has 6 nitrogen and oxygen atoms in total. The number of aromatic amines is 2. The van der Waals surface area contributed by atoms with Gasteiger partial charge < -0.3 is 10.3 Å². The Morgan fingerprint density at radius 2 is 2.45 bits per heavy atom.